The van der Waals surface area contributed by atoms with E-state index in [-0.39, 0.29) is 24.0 Å². The van der Waals surface area contributed by atoms with Crippen LogP contribution in [0.3, 0.4) is 0 Å². The van der Waals surface area contributed by atoms with E-state index < -0.39 is 11.7 Å². The van der Waals surface area contributed by atoms with Gasteiger partial charge < -0.3 is 5.32 Å². The third-order valence-corrected chi connectivity index (χ3v) is 3.82. The number of hydrogen-bond donors (Lipinski definition) is 2. The van der Waals surface area contributed by atoms with Crippen LogP contribution in [0.2, 0.25) is 0 Å². The Kier molecular flexibility index (Phi) is 5.55. The molecule has 0 aliphatic heterocycles. The summed E-state index contributed by atoms with van der Waals surface area (Å²) in [7, 11) is 0. The number of benzene rings is 2. The second kappa shape index (κ2) is 8.22. The lowest BCUT2D eigenvalue weighted by molar-refractivity contribution is -0.116. The first-order chi connectivity index (χ1) is 13.0. The number of nitrogens with one attached hydrogen (secondary N) is 2. The van der Waals surface area contributed by atoms with Crippen molar-refractivity contribution in [3.63, 3.8) is 0 Å². The van der Waals surface area contributed by atoms with Crippen molar-refractivity contribution < 1.29 is 14.0 Å². The third kappa shape index (κ3) is 4.97. The summed E-state index contributed by atoms with van der Waals surface area (Å²) in [5.41, 5.74) is 2.16. The lowest BCUT2D eigenvalue weighted by Gasteiger charge is -2.06. The number of carbonyl (C=O) groups is 2. The van der Waals surface area contributed by atoms with Crippen molar-refractivity contribution in [2.75, 3.05) is 10.6 Å². The minimum Gasteiger partial charge on any atom is -0.324 e. The molecule has 2 N–H and O–H groups in total. The molecule has 0 fully saturated rings. The Bertz CT molecular complexity index is 935. The van der Waals surface area contributed by atoms with E-state index in [1.54, 1.807) is 0 Å². The van der Waals surface area contributed by atoms with Crippen molar-refractivity contribution in [1.82, 2.24) is 14.8 Å². The molecule has 1 heterocycles. The molecule has 27 heavy (non-hydrogen) atoms. The van der Waals surface area contributed by atoms with Crippen LogP contribution >= 0.6 is 0 Å². The highest BCUT2D eigenvalue weighted by molar-refractivity contribution is 6.03. The summed E-state index contributed by atoms with van der Waals surface area (Å²) in [6.45, 7) is 2.01. The van der Waals surface area contributed by atoms with Gasteiger partial charge in [-0.25, -0.2) is 14.1 Å². The van der Waals surface area contributed by atoms with Crippen LogP contribution in [0.25, 0.3) is 0 Å². The van der Waals surface area contributed by atoms with Gasteiger partial charge in [-0.15, -0.1) is 5.10 Å². The van der Waals surface area contributed by atoms with Crippen LogP contribution in [0.5, 0.6) is 0 Å². The van der Waals surface area contributed by atoms with Crippen LogP contribution in [-0.2, 0) is 17.8 Å². The summed E-state index contributed by atoms with van der Waals surface area (Å²) < 4.78 is 14.2. The Balaban J connectivity index is 1.55. The van der Waals surface area contributed by atoms with E-state index in [1.807, 2.05) is 24.3 Å². The van der Waals surface area contributed by atoms with Gasteiger partial charge in [0.2, 0.25) is 11.9 Å². The van der Waals surface area contributed by atoms with Gasteiger partial charge in [0.25, 0.3) is 5.91 Å². The first-order valence-electron chi connectivity index (χ1n) is 8.38. The second-order valence-electron chi connectivity index (χ2n) is 5.83. The average Bonchev–Trinajstić information content (AvgIpc) is 3.09. The van der Waals surface area contributed by atoms with Crippen molar-refractivity contribution in [2.45, 2.75) is 19.9 Å². The van der Waals surface area contributed by atoms with E-state index in [4.69, 9.17) is 0 Å². The SMILES string of the molecule is CCc1ccc(NC(=O)Cn2cnc(NC(=O)c3ccc(F)cc3)n2)cc1. The number of carbonyl (C=O) groups excluding carboxylic acids is 2. The summed E-state index contributed by atoms with van der Waals surface area (Å²) >= 11 is 0. The van der Waals surface area contributed by atoms with Crippen LogP contribution in [-0.4, -0.2) is 26.6 Å². The Morgan fingerprint density at radius 1 is 1.04 bits per heavy atom. The van der Waals surface area contributed by atoms with Crippen LogP contribution in [0.15, 0.2) is 54.9 Å². The average molecular weight is 367 g/mol. The molecule has 0 unspecified atom stereocenters. The molecule has 8 heteroatoms. The Morgan fingerprint density at radius 2 is 1.74 bits per heavy atom. The minimum atomic E-state index is -0.465. The molecular weight excluding hydrogens is 349 g/mol. The van der Waals surface area contributed by atoms with Crippen LogP contribution in [0, 0.1) is 5.82 Å². The molecule has 0 aliphatic rings. The van der Waals surface area contributed by atoms with Gasteiger partial charge in [0, 0.05) is 11.3 Å². The van der Waals surface area contributed by atoms with Crippen molar-refractivity contribution in [3.05, 3.63) is 71.8 Å². The van der Waals surface area contributed by atoms with E-state index in [9.17, 15) is 14.0 Å². The zero-order valence-electron chi connectivity index (χ0n) is 14.6. The van der Waals surface area contributed by atoms with E-state index in [0.29, 0.717) is 5.69 Å². The summed E-state index contributed by atoms with van der Waals surface area (Å²) in [4.78, 5) is 28.1. The molecule has 138 valence electrons. The van der Waals surface area contributed by atoms with E-state index in [2.05, 4.69) is 27.6 Å². The predicted octanol–water partition coefficient (Wildman–Crippen LogP) is 2.87. The number of halogens is 1. The highest BCUT2D eigenvalue weighted by atomic mass is 19.1. The van der Waals surface area contributed by atoms with Crippen molar-refractivity contribution in [2.24, 2.45) is 0 Å². The minimum absolute atomic E-state index is 0.0467. The smallest absolute Gasteiger partial charge is 0.258 e. The second-order valence-corrected chi connectivity index (χ2v) is 5.83. The summed E-state index contributed by atoms with van der Waals surface area (Å²) in [6.07, 6.45) is 2.28. The van der Waals surface area contributed by atoms with Gasteiger partial charge in [-0.05, 0) is 48.4 Å². The molecule has 0 bridgehead atoms. The topological polar surface area (TPSA) is 88.9 Å². The Labute approximate surface area is 155 Å². The number of aryl methyl sites for hydroxylation is 1. The first kappa shape index (κ1) is 18.2. The lowest BCUT2D eigenvalue weighted by atomic mass is 10.1. The number of aromatic nitrogens is 3. The molecule has 0 spiro atoms. The van der Waals surface area contributed by atoms with E-state index in [0.717, 1.165) is 6.42 Å². The van der Waals surface area contributed by atoms with Crippen molar-refractivity contribution >= 4 is 23.5 Å². The monoisotopic (exact) mass is 367 g/mol. The van der Waals surface area contributed by atoms with Crippen LogP contribution in [0.1, 0.15) is 22.8 Å². The fourth-order valence-corrected chi connectivity index (χ4v) is 2.37. The van der Waals surface area contributed by atoms with Gasteiger partial charge in [0.15, 0.2) is 0 Å². The van der Waals surface area contributed by atoms with Crippen molar-refractivity contribution in [1.29, 1.82) is 0 Å². The summed E-state index contributed by atoms with van der Waals surface area (Å²) in [5, 5.41) is 9.31. The molecule has 0 aliphatic carbocycles. The molecule has 0 saturated heterocycles. The van der Waals surface area contributed by atoms with Crippen LogP contribution in [0.4, 0.5) is 16.0 Å². The van der Waals surface area contributed by atoms with Gasteiger partial charge in [-0.2, -0.15) is 0 Å². The maximum Gasteiger partial charge on any atom is 0.258 e. The zero-order chi connectivity index (χ0) is 19.2. The number of hydrogen-bond acceptors (Lipinski definition) is 4. The third-order valence-electron chi connectivity index (χ3n) is 3.82. The van der Waals surface area contributed by atoms with Gasteiger partial charge in [-0.1, -0.05) is 19.1 Å². The fraction of sp³-hybridized carbons (Fsp3) is 0.158. The Hall–Kier alpha value is -3.55. The molecule has 7 nitrogen and oxygen atoms in total. The van der Waals surface area contributed by atoms with E-state index >= 15 is 0 Å². The number of anilines is 2. The molecule has 3 aromatic rings. The molecule has 2 aromatic carbocycles. The lowest BCUT2D eigenvalue weighted by Crippen LogP contribution is -2.19. The van der Waals surface area contributed by atoms with Gasteiger partial charge in [-0.3, -0.25) is 14.9 Å². The number of amides is 2. The highest BCUT2D eigenvalue weighted by Crippen LogP contribution is 2.10. The Morgan fingerprint density at radius 3 is 2.41 bits per heavy atom. The summed E-state index contributed by atoms with van der Waals surface area (Å²) in [5.74, 6) is -1.09. The highest BCUT2D eigenvalue weighted by Gasteiger charge is 2.11. The zero-order valence-corrected chi connectivity index (χ0v) is 14.6. The molecule has 1 aromatic heterocycles. The molecule has 3 rings (SSSR count). The maximum atomic E-state index is 12.9. The normalized spacial score (nSPS) is 10.4. The molecular formula is C19H18FN5O2. The maximum absolute atomic E-state index is 12.9. The van der Waals surface area contributed by atoms with Crippen LogP contribution < -0.4 is 10.6 Å². The first-order valence-corrected chi connectivity index (χ1v) is 8.38. The largest absolute Gasteiger partial charge is 0.324 e. The quantitative estimate of drug-likeness (QED) is 0.701. The van der Waals surface area contributed by atoms with Gasteiger partial charge in [0.1, 0.15) is 18.7 Å². The fourth-order valence-electron chi connectivity index (χ4n) is 2.37. The summed E-state index contributed by atoms with van der Waals surface area (Å²) in [6, 6.07) is 12.7. The van der Waals surface area contributed by atoms with E-state index in [1.165, 1.54) is 40.8 Å². The van der Waals surface area contributed by atoms with Crippen molar-refractivity contribution in [3.8, 4) is 0 Å². The number of rotatable bonds is 6. The standard InChI is InChI=1S/C19H18FN5O2/c1-2-13-3-9-16(10-4-13)22-17(26)11-25-12-21-19(24-25)23-18(27)14-5-7-15(20)8-6-14/h3-10,12H,2,11H2,1H3,(H,22,26)(H,23,24,27). The predicted molar refractivity (Wildman–Crippen MR) is 98.8 cm³/mol. The van der Waals surface area contributed by atoms with Gasteiger partial charge >= 0.3 is 0 Å². The molecule has 2 amide bonds. The molecule has 0 radical (unpaired) electrons. The van der Waals surface area contributed by atoms with Gasteiger partial charge in [0.05, 0.1) is 0 Å². The molecule has 0 atom stereocenters. The number of nitrogens with zero attached hydrogens (tertiary/aromatic N) is 3. The molecule has 0 saturated carbocycles.